The van der Waals surface area contributed by atoms with Crippen molar-refractivity contribution in [2.75, 3.05) is 25.0 Å². The van der Waals surface area contributed by atoms with Crippen LogP contribution in [-0.2, 0) is 13.0 Å². The Hall–Kier alpha value is -1.28. The molecule has 25 heavy (non-hydrogen) atoms. The summed E-state index contributed by atoms with van der Waals surface area (Å²) < 4.78 is 0. The molecule has 1 fully saturated rings. The van der Waals surface area contributed by atoms with Crippen molar-refractivity contribution in [2.45, 2.75) is 32.4 Å². The molecular formula is C19H27IN4S. The number of guanidine groups is 1. The van der Waals surface area contributed by atoms with Crippen LogP contribution in [0.3, 0.4) is 0 Å². The normalized spacial score (nSPS) is 17.3. The zero-order valence-electron chi connectivity index (χ0n) is 14.9. The SMILES string of the molecule is CCc1ccc(CNC(=NC)NC2CCN(c3ccccc3)C2)s1.I. The van der Waals surface area contributed by atoms with Gasteiger partial charge in [-0.1, -0.05) is 25.1 Å². The summed E-state index contributed by atoms with van der Waals surface area (Å²) in [5.41, 5.74) is 1.30. The van der Waals surface area contributed by atoms with Crippen LogP contribution in [0.15, 0.2) is 47.5 Å². The molecule has 0 spiro atoms. The Morgan fingerprint density at radius 1 is 1.20 bits per heavy atom. The Labute approximate surface area is 171 Å². The number of hydrogen-bond donors (Lipinski definition) is 2. The molecule has 0 radical (unpaired) electrons. The number of anilines is 1. The van der Waals surface area contributed by atoms with Gasteiger partial charge in [0.05, 0.1) is 6.54 Å². The second kappa shape index (κ2) is 10.0. The quantitative estimate of drug-likeness (QED) is 0.396. The van der Waals surface area contributed by atoms with Crippen LogP contribution in [0.1, 0.15) is 23.1 Å². The van der Waals surface area contributed by atoms with E-state index < -0.39 is 0 Å². The maximum atomic E-state index is 4.37. The lowest BCUT2D eigenvalue weighted by molar-refractivity contribution is 0.649. The summed E-state index contributed by atoms with van der Waals surface area (Å²) in [6.07, 6.45) is 2.24. The molecule has 0 saturated carbocycles. The Morgan fingerprint density at radius 2 is 1.96 bits per heavy atom. The van der Waals surface area contributed by atoms with Crippen LogP contribution < -0.4 is 15.5 Å². The highest BCUT2D eigenvalue weighted by Gasteiger charge is 2.23. The van der Waals surface area contributed by atoms with E-state index in [1.54, 1.807) is 0 Å². The molecule has 2 aromatic rings. The largest absolute Gasteiger partial charge is 0.369 e. The van der Waals surface area contributed by atoms with Crippen LogP contribution in [0.4, 0.5) is 5.69 Å². The van der Waals surface area contributed by atoms with Crippen LogP contribution in [0.2, 0.25) is 0 Å². The summed E-state index contributed by atoms with van der Waals surface area (Å²) in [5, 5.41) is 6.99. The third-order valence-corrected chi connectivity index (χ3v) is 5.60. The van der Waals surface area contributed by atoms with Gasteiger partial charge in [0.1, 0.15) is 0 Å². The maximum Gasteiger partial charge on any atom is 0.191 e. The van der Waals surface area contributed by atoms with E-state index >= 15 is 0 Å². The van der Waals surface area contributed by atoms with Gasteiger partial charge < -0.3 is 15.5 Å². The first-order valence-electron chi connectivity index (χ1n) is 8.63. The maximum absolute atomic E-state index is 4.37. The van der Waals surface area contributed by atoms with E-state index in [9.17, 15) is 0 Å². The first-order valence-corrected chi connectivity index (χ1v) is 9.45. The third kappa shape index (κ3) is 5.60. The van der Waals surface area contributed by atoms with Crippen LogP contribution in [0, 0.1) is 0 Å². The minimum atomic E-state index is 0. The van der Waals surface area contributed by atoms with Gasteiger partial charge in [0.25, 0.3) is 0 Å². The third-order valence-electron chi connectivity index (χ3n) is 4.37. The Morgan fingerprint density at radius 3 is 2.64 bits per heavy atom. The molecule has 0 bridgehead atoms. The monoisotopic (exact) mass is 470 g/mol. The Bertz CT molecular complexity index is 671. The molecule has 4 nitrogen and oxygen atoms in total. The molecule has 6 heteroatoms. The number of rotatable bonds is 5. The number of nitrogens with zero attached hydrogens (tertiary/aromatic N) is 2. The zero-order valence-corrected chi connectivity index (χ0v) is 18.0. The van der Waals surface area contributed by atoms with Gasteiger partial charge in [0.15, 0.2) is 5.96 Å². The molecule has 1 aromatic carbocycles. The lowest BCUT2D eigenvalue weighted by atomic mass is 10.3. The predicted molar refractivity (Wildman–Crippen MR) is 120 cm³/mol. The number of para-hydroxylation sites is 1. The van der Waals surface area contributed by atoms with E-state index in [0.29, 0.717) is 6.04 Å². The Balaban J connectivity index is 0.00000225. The molecule has 1 atom stereocenters. The summed E-state index contributed by atoms with van der Waals surface area (Å²) >= 11 is 1.87. The van der Waals surface area contributed by atoms with Crippen molar-refractivity contribution in [1.82, 2.24) is 10.6 Å². The fourth-order valence-corrected chi connectivity index (χ4v) is 3.92. The van der Waals surface area contributed by atoms with Gasteiger partial charge >= 0.3 is 0 Å². The standard InChI is InChI=1S/C19H26N4S.HI/c1-3-17-9-10-18(24-17)13-21-19(20-2)22-15-11-12-23(14-15)16-7-5-4-6-8-16;/h4-10,15H,3,11-14H2,1-2H3,(H2,20,21,22);1H. The van der Waals surface area contributed by atoms with Gasteiger partial charge in [-0.15, -0.1) is 35.3 Å². The van der Waals surface area contributed by atoms with Gasteiger partial charge in [0, 0.05) is 41.6 Å². The minimum Gasteiger partial charge on any atom is -0.369 e. The smallest absolute Gasteiger partial charge is 0.191 e. The van der Waals surface area contributed by atoms with Gasteiger partial charge in [0.2, 0.25) is 0 Å². The number of nitrogens with one attached hydrogen (secondary N) is 2. The topological polar surface area (TPSA) is 39.7 Å². The number of halogens is 1. The molecule has 1 aromatic heterocycles. The highest BCUT2D eigenvalue weighted by Crippen LogP contribution is 2.20. The van der Waals surface area contributed by atoms with Crippen molar-refractivity contribution in [3.05, 3.63) is 52.2 Å². The van der Waals surface area contributed by atoms with Crippen molar-refractivity contribution in [3.63, 3.8) is 0 Å². The average molecular weight is 470 g/mol. The molecule has 1 aliphatic heterocycles. The van der Waals surface area contributed by atoms with E-state index in [4.69, 9.17) is 0 Å². The molecule has 1 saturated heterocycles. The van der Waals surface area contributed by atoms with Crippen LogP contribution >= 0.6 is 35.3 Å². The summed E-state index contributed by atoms with van der Waals surface area (Å²) in [6.45, 7) is 5.13. The molecule has 1 aliphatic rings. The molecule has 0 amide bonds. The van der Waals surface area contributed by atoms with Gasteiger partial charge in [-0.05, 0) is 37.1 Å². The van der Waals surface area contributed by atoms with E-state index in [2.05, 4.69) is 69.9 Å². The highest BCUT2D eigenvalue weighted by atomic mass is 127. The number of hydrogen-bond acceptors (Lipinski definition) is 3. The molecule has 1 unspecified atom stereocenters. The van der Waals surface area contributed by atoms with Gasteiger partial charge in [-0.25, -0.2) is 0 Å². The molecule has 136 valence electrons. The molecule has 2 N–H and O–H groups in total. The second-order valence-electron chi connectivity index (χ2n) is 6.06. The van der Waals surface area contributed by atoms with Crippen molar-refractivity contribution < 1.29 is 0 Å². The molecular weight excluding hydrogens is 443 g/mol. The number of benzene rings is 1. The number of aliphatic imine (C=N–C) groups is 1. The van der Waals surface area contributed by atoms with Crippen LogP contribution in [0.5, 0.6) is 0 Å². The van der Waals surface area contributed by atoms with E-state index in [1.807, 2.05) is 18.4 Å². The second-order valence-corrected chi connectivity index (χ2v) is 7.31. The van der Waals surface area contributed by atoms with E-state index in [1.165, 1.54) is 15.4 Å². The fourth-order valence-electron chi connectivity index (χ4n) is 3.02. The fraction of sp³-hybridized carbons (Fsp3) is 0.421. The van der Waals surface area contributed by atoms with E-state index in [-0.39, 0.29) is 24.0 Å². The van der Waals surface area contributed by atoms with Crippen LogP contribution in [0.25, 0.3) is 0 Å². The molecule has 2 heterocycles. The van der Waals surface area contributed by atoms with E-state index in [0.717, 1.165) is 38.4 Å². The Kier molecular flexibility index (Phi) is 8.02. The van der Waals surface area contributed by atoms with Gasteiger partial charge in [-0.3, -0.25) is 4.99 Å². The molecule has 0 aliphatic carbocycles. The summed E-state index contributed by atoms with van der Waals surface area (Å²) in [4.78, 5) is 9.59. The summed E-state index contributed by atoms with van der Waals surface area (Å²) in [6, 6.07) is 15.5. The lowest BCUT2D eigenvalue weighted by Gasteiger charge is -2.20. The zero-order chi connectivity index (χ0) is 16.8. The van der Waals surface area contributed by atoms with Crippen molar-refractivity contribution in [1.29, 1.82) is 0 Å². The minimum absolute atomic E-state index is 0. The lowest BCUT2D eigenvalue weighted by Crippen LogP contribution is -2.44. The molecule has 3 rings (SSSR count). The summed E-state index contributed by atoms with van der Waals surface area (Å²) in [5.74, 6) is 0.890. The van der Waals surface area contributed by atoms with Gasteiger partial charge in [-0.2, -0.15) is 0 Å². The number of thiophene rings is 1. The highest BCUT2D eigenvalue weighted by molar-refractivity contribution is 14.0. The van der Waals surface area contributed by atoms with Crippen molar-refractivity contribution >= 4 is 47.0 Å². The first kappa shape index (κ1) is 20.0. The first-order chi connectivity index (χ1) is 11.8. The number of aryl methyl sites for hydroxylation is 1. The summed E-state index contributed by atoms with van der Waals surface area (Å²) in [7, 11) is 1.84. The van der Waals surface area contributed by atoms with Crippen molar-refractivity contribution in [2.24, 2.45) is 4.99 Å². The van der Waals surface area contributed by atoms with Crippen molar-refractivity contribution in [3.8, 4) is 0 Å². The average Bonchev–Trinajstić information content (AvgIpc) is 3.28. The van der Waals surface area contributed by atoms with Crippen LogP contribution in [-0.4, -0.2) is 32.1 Å². The predicted octanol–water partition coefficient (Wildman–Crippen LogP) is 3.87.